The minimum atomic E-state index is -4.47. The number of imidazole rings is 1. The summed E-state index contributed by atoms with van der Waals surface area (Å²) < 4.78 is 65.3. The molecule has 1 atom stereocenters. The zero-order valence-electron chi connectivity index (χ0n) is 12.6. The number of H-pyrrole nitrogens is 1. The third kappa shape index (κ3) is 3.55. The van der Waals surface area contributed by atoms with Crippen molar-refractivity contribution in [2.45, 2.75) is 31.5 Å². The normalized spacial score (nSPS) is 19.6. The Kier molecular flexibility index (Phi) is 4.53. The average molecular weight is 346 g/mol. The lowest BCUT2D eigenvalue weighted by atomic mass is 9.97. The standard InChI is InChI=1S/C15H15F5N4/c16-11-4-21-5-12(17)10(11)8-24-3-1-2-9(7-24)14-22-6-13(23-14)15(18,19)20/h4-6,9H,1-3,7-8H2,(H,22,23). The van der Waals surface area contributed by atoms with Gasteiger partial charge in [-0.1, -0.05) is 0 Å². The number of nitrogens with zero attached hydrogens (tertiary/aromatic N) is 3. The summed E-state index contributed by atoms with van der Waals surface area (Å²) in [6.45, 7) is 1.04. The molecule has 1 aliphatic heterocycles. The van der Waals surface area contributed by atoms with E-state index in [1.165, 1.54) is 0 Å². The molecule has 0 amide bonds. The molecule has 0 saturated carbocycles. The summed E-state index contributed by atoms with van der Waals surface area (Å²) in [5.41, 5.74) is -0.970. The number of likely N-dealkylation sites (tertiary alicyclic amines) is 1. The smallest absolute Gasteiger partial charge is 0.338 e. The molecular weight excluding hydrogens is 331 g/mol. The number of alkyl halides is 3. The zero-order chi connectivity index (χ0) is 17.3. The van der Waals surface area contributed by atoms with E-state index in [4.69, 9.17) is 0 Å². The van der Waals surface area contributed by atoms with Gasteiger partial charge in [0.05, 0.1) is 18.6 Å². The average Bonchev–Trinajstić information content (AvgIpc) is 3.02. The van der Waals surface area contributed by atoms with E-state index in [1.807, 2.05) is 4.90 Å². The first kappa shape index (κ1) is 16.8. The number of piperidine rings is 1. The fraction of sp³-hybridized carbons (Fsp3) is 0.467. The van der Waals surface area contributed by atoms with Crippen LogP contribution in [0.25, 0.3) is 0 Å². The summed E-state index contributed by atoms with van der Waals surface area (Å²) in [5, 5.41) is 0. The third-order valence-corrected chi connectivity index (χ3v) is 4.13. The molecular formula is C15H15F5N4. The SMILES string of the molecule is Fc1cncc(F)c1CN1CCCC(c2ncc(C(F)(F)F)[nH]2)C1. The molecule has 0 bridgehead atoms. The fourth-order valence-corrected chi connectivity index (χ4v) is 2.92. The van der Waals surface area contributed by atoms with Crippen LogP contribution in [-0.2, 0) is 12.7 Å². The highest BCUT2D eigenvalue weighted by atomic mass is 19.4. The lowest BCUT2D eigenvalue weighted by Crippen LogP contribution is -2.34. The van der Waals surface area contributed by atoms with Crippen molar-refractivity contribution in [2.24, 2.45) is 0 Å². The first-order chi connectivity index (χ1) is 11.3. The molecule has 1 aliphatic rings. The van der Waals surface area contributed by atoms with Crippen LogP contribution in [0.5, 0.6) is 0 Å². The maximum atomic E-state index is 13.7. The van der Waals surface area contributed by atoms with Crippen LogP contribution in [0.3, 0.4) is 0 Å². The summed E-state index contributed by atoms with van der Waals surface area (Å²) in [6, 6.07) is 0. The molecule has 4 nitrogen and oxygen atoms in total. The van der Waals surface area contributed by atoms with Crippen molar-refractivity contribution in [1.29, 1.82) is 0 Å². The Morgan fingerprint density at radius 2 is 1.88 bits per heavy atom. The largest absolute Gasteiger partial charge is 0.432 e. The van der Waals surface area contributed by atoms with Crippen LogP contribution in [0.15, 0.2) is 18.6 Å². The molecule has 9 heteroatoms. The van der Waals surface area contributed by atoms with Crippen LogP contribution < -0.4 is 0 Å². The van der Waals surface area contributed by atoms with Gasteiger partial charge in [-0.25, -0.2) is 13.8 Å². The molecule has 1 saturated heterocycles. The first-order valence-electron chi connectivity index (χ1n) is 7.47. The number of hydrogen-bond donors (Lipinski definition) is 1. The highest BCUT2D eigenvalue weighted by Crippen LogP contribution is 2.31. The third-order valence-electron chi connectivity index (χ3n) is 4.13. The van der Waals surface area contributed by atoms with Crippen molar-refractivity contribution in [2.75, 3.05) is 13.1 Å². The van der Waals surface area contributed by atoms with Crippen molar-refractivity contribution in [3.63, 3.8) is 0 Å². The maximum absolute atomic E-state index is 13.7. The number of halogens is 5. The molecule has 1 fully saturated rings. The highest BCUT2D eigenvalue weighted by molar-refractivity contribution is 5.16. The number of pyridine rings is 1. The van der Waals surface area contributed by atoms with Crippen molar-refractivity contribution in [1.82, 2.24) is 19.9 Å². The van der Waals surface area contributed by atoms with Gasteiger partial charge >= 0.3 is 6.18 Å². The molecule has 2 aromatic rings. The van der Waals surface area contributed by atoms with Gasteiger partial charge in [-0.05, 0) is 19.4 Å². The number of nitrogens with one attached hydrogen (secondary N) is 1. The number of aromatic amines is 1. The topological polar surface area (TPSA) is 44.8 Å². The second-order valence-electron chi connectivity index (χ2n) is 5.84. The molecule has 2 aromatic heterocycles. The van der Waals surface area contributed by atoms with Crippen LogP contribution in [0.2, 0.25) is 0 Å². The van der Waals surface area contributed by atoms with E-state index in [0.29, 0.717) is 25.9 Å². The van der Waals surface area contributed by atoms with E-state index in [2.05, 4.69) is 15.0 Å². The summed E-state index contributed by atoms with van der Waals surface area (Å²) in [5.74, 6) is -1.44. The Labute approximate surface area is 134 Å². The predicted molar refractivity (Wildman–Crippen MR) is 75.0 cm³/mol. The Morgan fingerprint density at radius 3 is 2.50 bits per heavy atom. The van der Waals surface area contributed by atoms with Gasteiger partial charge in [0.1, 0.15) is 23.2 Å². The van der Waals surface area contributed by atoms with Crippen LogP contribution in [0, 0.1) is 11.6 Å². The van der Waals surface area contributed by atoms with Gasteiger partial charge in [0.15, 0.2) is 0 Å². The Bertz CT molecular complexity index is 692. The van der Waals surface area contributed by atoms with E-state index >= 15 is 0 Å². The van der Waals surface area contributed by atoms with E-state index in [0.717, 1.165) is 18.6 Å². The molecule has 24 heavy (non-hydrogen) atoms. The van der Waals surface area contributed by atoms with Crippen LogP contribution in [0.1, 0.15) is 35.8 Å². The highest BCUT2D eigenvalue weighted by Gasteiger charge is 2.34. The van der Waals surface area contributed by atoms with Crippen molar-refractivity contribution < 1.29 is 22.0 Å². The summed E-state index contributed by atoms with van der Waals surface area (Å²) in [6.07, 6.45) is -0.424. The maximum Gasteiger partial charge on any atom is 0.432 e. The monoisotopic (exact) mass is 346 g/mol. The summed E-state index contributed by atoms with van der Waals surface area (Å²) >= 11 is 0. The van der Waals surface area contributed by atoms with Crippen LogP contribution in [0.4, 0.5) is 22.0 Å². The van der Waals surface area contributed by atoms with Gasteiger partial charge in [-0.2, -0.15) is 13.2 Å². The molecule has 0 aromatic carbocycles. The molecule has 3 rings (SSSR count). The minimum Gasteiger partial charge on any atom is -0.338 e. The predicted octanol–water partition coefficient (Wildman–Crippen LogP) is 3.48. The lowest BCUT2D eigenvalue weighted by molar-refractivity contribution is -0.141. The van der Waals surface area contributed by atoms with Crippen molar-refractivity contribution in [3.05, 3.63) is 47.3 Å². The first-order valence-corrected chi connectivity index (χ1v) is 7.47. The number of hydrogen-bond acceptors (Lipinski definition) is 3. The molecule has 130 valence electrons. The van der Waals surface area contributed by atoms with E-state index in [-0.39, 0.29) is 23.9 Å². The van der Waals surface area contributed by atoms with Crippen molar-refractivity contribution in [3.8, 4) is 0 Å². The van der Waals surface area contributed by atoms with E-state index in [1.54, 1.807) is 0 Å². The lowest BCUT2D eigenvalue weighted by Gasteiger charge is -2.31. The summed E-state index contributed by atoms with van der Waals surface area (Å²) in [7, 11) is 0. The van der Waals surface area contributed by atoms with Crippen LogP contribution >= 0.6 is 0 Å². The zero-order valence-corrected chi connectivity index (χ0v) is 12.6. The Balaban J connectivity index is 1.72. The molecule has 3 heterocycles. The van der Waals surface area contributed by atoms with Gasteiger partial charge in [-0.15, -0.1) is 0 Å². The molecule has 1 N–H and O–H groups in total. The summed E-state index contributed by atoms with van der Waals surface area (Å²) in [4.78, 5) is 11.4. The number of rotatable bonds is 3. The van der Waals surface area contributed by atoms with E-state index < -0.39 is 23.5 Å². The quantitative estimate of drug-likeness (QED) is 0.866. The second-order valence-corrected chi connectivity index (χ2v) is 5.84. The number of aromatic nitrogens is 3. The fourth-order valence-electron chi connectivity index (χ4n) is 2.92. The Hall–Kier alpha value is -2.03. The minimum absolute atomic E-state index is 0.0452. The Morgan fingerprint density at radius 1 is 1.17 bits per heavy atom. The van der Waals surface area contributed by atoms with E-state index in [9.17, 15) is 22.0 Å². The molecule has 0 spiro atoms. The van der Waals surface area contributed by atoms with Gasteiger partial charge in [0, 0.05) is 24.6 Å². The molecule has 0 aliphatic carbocycles. The second kappa shape index (κ2) is 6.46. The van der Waals surface area contributed by atoms with Gasteiger partial charge in [0.2, 0.25) is 0 Å². The molecule has 0 radical (unpaired) electrons. The molecule has 1 unspecified atom stereocenters. The van der Waals surface area contributed by atoms with Crippen molar-refractivity contribution >= 4 is 0 Å². The van der Waals surface area contributed by atoms with Gasteiger partial charge in [-0.3, -0.25) is 9.88 Å². The van der Waals surface area contributed by atoms with Gasteiger partial charge in [0.25, 0.3) is 0 Å². The van der Waals surface area contributed by atoms with Crippen LogP contribution in [-0.4, -0.2) is 32.9 Å². The van der Waals surface area contributed by atoms with Gasteiger partial charge < -0.3 is 4.98 Å².